The van der Waals surface area contributed by atoms with Crippen LogP contribution in [0, 0.1) is 0 Å². The van der Waals surface area contributed by atoms with Crippen LogP contribution < -0.4 is 0 Å². The Labute approximate surface area is 115 Å². The fourth-order valence-electron chi connectivity index (χ4n) is 2.41. The SMILES string of the molecule is ClCC1COCCN1CCCCc1ccccc1. The summed E-state index contributed by atoms with van der Waals surface area (Å²) in [6.07, 6.45) is 3.66. The quantitative estimate of drug-likeness (QED) is 0.580. The fraction of sp³-hybridized carbons (Fsp3) is 0.600. The van der Waals surface area contributed by atoms with E-state index < -0.39 is 0 Å². The summed E-state index contributed by atoms with van der Waals surface area (Å²) in [5, 5.41) is 0. The van der Waals surface area contributed by atoms with Crippen molar-refractivity contribution in [3.63, 3.8) is 0 Å². The van der Waals surface area contributed by atoms with Crippen LogP contribution in [0.4, 0.5) is 0 Å². The van der Waals surface area contributed by atoms with Gasteiger partial charge in [-0.2, -0.15) is 0 Å². The van der Waals surface area contributed by atoms with E-state index in [-0.39, 0.29) is 0 Å². The van der Waals surface area contributed by atoms with Crippen LogP contribution in [0.1, 0.15) is 18.4 Å². The Morgan fingerprint density at radius 1 is 1.22 bits per heavy atom. The van der Waals surface area contributed by atoms with Crippen molar-refractivity contribution in [1.29, 1.82) is 0 Å². The molecule has 18 heavy (non-hydrogen) atoms. The van der Waals surface area contributed by atoms with Crippen LogP contribution in [0.2, 0.25) is 0 Å². The summed E-state index contributed by atoms with van der Waals surface area (Å²) in [7, 11) is 0. The van der Waals surface area contributed by atoms with Gasteiger partial charge in [0, 0.05) is 18.5 Å². The largest absolute Gasteiger partial charge is 0.378 e. The highest BCUT2D eigenvalue weighted by Crippen LogP contribution is 2.11. The molecule has 1 aromatic carbocycles. The summed E-state index contributed by atoms with van der Waals surface area (Å²) in [6, 6.07) is 11.1. The number of ether oxygens (including phenoxy) is 1. The van der Waals surface area contributed by atoms with E-state index in [0.29, 0.717) is 11.9 Å². The molecule has 3 heteroatoms. The van der Waals surface area contributed by atoms with Crippen molar-refractivity contribution in [2.24, 2.45) is 0 Å². The van der Waals surface area contributed by atoms with Gasteiger partial charge in [0.05, 0.1) is 13.2 Å². The maximum absolute atomic E-state index is 5.96. The lowest BCUT2D eigenvalue weighted by molar-refractivity contribution is 0.000471. The normalized spacial score (nSPS) is 21.1. The first-order valence-corrected chi connectivity index (χ1v) is 7.35. The Morgan fingerprint density at radius 3 is 2.83 bits per heavy atom. The predicted octanol–water partition coefficient (Wildman–Crippen LogP) is 2.95. The molecule has 0 spiro atoms. The number of rotatable bonds is 6. The van der Waals surface area contributed by atoms with Crippen LogP contribution in [0.15, 0.2) is 30.3 Å². The minimum absolute atomic E-state index is 0.414. The zero-order valence-corrected chi connectivity index (χ0v) is 11.6. The summed E-state index contributed by atoms with van der Waals surface area (Å²) in [5.41, 5.74) is 1.44. The molecular weight excluding hydrogens is 246 g/mol. The zero-order chi connectivity index (χ0) is 12.6. The summed E-state index contributed by atoms with van der Waals surface area (Å²) in [6.45, 7) is 3.82. The van der Waals surface area contributed by atoms with Gasteiger partial charge in [-0.3, -0.25) is 4.90 Å². The molecule has 0 radical (unpaired) electrons. The van der Waals surface area contributed by atoms with Crippen LogP contribution in [0.25, 0.3) is 0 Å². The summed E-state index contributed by atoms with van der Waals surface area (Å²) in [4.78, 5) is 2.47. The van der Waals surface area contributed by atoms with Gasteiger partial charge in [-0.15, -0.1) is 11.6 Å². The van der Waals surface area contributed by atoms with Crippen LogP contribution in [-0.2, 0) is 11.2 Å². The Hall–Kier alpha value is -0.570. The van der Waals surface area contributed by atoms with Crippen molar-refractivity contribution in [2.45, 2.75) is 25.3 Å². The molecule has 1 unspecified atom stereocenters. The predicted molar refractivity (Wildman–Crippen MR) is 76.3 cm³/mol. The molecule has 0 amide bonds. The average molecular weight is 268 g/mol. The minimum Gasteiger partial charge on any atom is -0.378 e. The van der Waals surface area contributed by atoms with Crippen molar-refractivity contribution in [2.75, 3.05) is 32.2 Å². The van der Waals surface area contributed by atoms with Gasteiger partial charge in [0.2, 0.25) is 0 Å². The molecule has 0 aromatic heterocycles. The second-order valence-corrected chi connectivity index (χ2v) is 5.17. The van der Waals surface area contributed by atoms with Gasteiger partial charge in [0.25, 0.3) is 0 Å². The highest BCUT2D eigenvalue weighted by molar-refractivity contribution is 6.18. The third kappa shape index (κ3) is 4.27. The van der Waals surface area contributed by atoms with Crippen molar-refractivity contribution >= 4 is 11.6 Å². The van der Waals surface area contributed by atoms with E-state index in [1.54, 1.807) is 0 Å². The first kappa shape index (κ1) is 13.9. The van der Waals surface area contributed by atoms with E-state index in [1.807, 2.05) is 0 Å². The number of hydrogen-bond donors (Lipinski definition) is 0. The molecule has 2 rings (SSSR count). The van der Waals surface area contributed by atoms with E-state index in [1.165, 1.54) is 24.8 Å². The number of benzene rings is 1. The van der Waals surface area contributed by atoms with E-state index in [9.17, 15) is 0 Å². The average Bonchev–Trinajstić information content (AvgIpc) is 2.45. The monoisotopic (exact) mass is 267 g/mol. The topological polar surface area (TPSA) is 12.5 Å². The van der Waals surface area contributed by atoms with Gasteiger partial charge in [-0.05, 0) is 31.4 Å². The van der Waals surface area contributed by atoms with Crippen molar-refractivity contribution < 1.29 is 4.74 Å². The van der Waals surface area contributed by atoms with Gasteiger partial charge < -0.3 is 4.74 Å². The third-order valence-electron chi connectivity index (χ3n) is 3.53. The van der Waals surface area contributed by atoms with Crippen LogP contribution in [-0.4, -0.2) is 43.1 Å². The number of halogens is 1. The lowest BCUT2D eigenvalue weighted by Gasteiger charge is -2.34. The van der Waals surface area contributed by atoms with Gasteiger partial charge >= 0.3 is 0 Å². The second-order valence-electron chi connectivity index (χ2n) is 4.86. The Balaban J connectivity index is 1.65. The van der Waals surface area contributed by atoms with Gasteiger partial charge in [0.15, 0.2) is 0 Å². The molecule has 0 aliphatic carbocycles. The van der Waals surface area contributed by atoms with Crippen LogP contribution in [0.5, 0.6) is 0 Å². The third-order valence-corrected chi connectivity index (χ3v) is 3.89. The molecule has 1 heterocycles. The molecule has 1 aromatic rings. The lowest BCUT2D eigenvalue weighted by atomic mass is 10.1. The molecule has 100 valence electrons. The number of aryl methyl sites for hydroxylation is 1. The highest BCUT2D eigenvalue weighted by atomic mass is 35.5. The van der Waals surface area contributed by atoms with E-state index in [4.69, 9.17) is 16.3 Å². The molecule has 2 nitrogen and oxygen atoms in total. The lowest BCUT2D eigenvalue weighted by Crippen LogP contribution is -2.46. The van der Waals surface area contributed by atoms with E-state index in [0.717, 1.165) is 26.3 Å². The Morgan fingerprint density at radius 2 is 2.06 bits per heavy atom. The van der Waals surface area contributed by atoms with Gasteiger partial charge in [-0.25, -0.2) is 0 Å². The maximum atomic E-state index is 5.96. The summed E-state index contributed by atoms with van der Waals surface area (Å²) < 4.78 is 5.45. The Bertz CT molecular complexity index is 331. The first-order valence-electron chi connectivity index (χ1n) is 6.82. The molecule has 1 fully saturated rings. The van der Waals surface area contributed by atoms with Crippen molar-refractivity contribution in [1.82, 2.24) is 4.90 Å². The molecule has 1 aliphatic rings. The molecule has 1 aliphatic heterocycles. The Kier molecular flexibility index (Phi) is 5.98. The van der Waals surface area contributed by atoms with Crippen molar-refractivity contribution in [3.05, 3.63) is 35.9 Å². The molecule has 1 atom stereocenters. The highest BCUT2D eigenvalue weighted by Gasteiger charge is 2.21. The maximum Gasteiger partial charge on any atom is 0.0634 e. The van der Waals surface area contributed by atoms with Crippen LogP contribution in [0.3, 0.4) is 0 Å². The molecule has 0 saturated carbocycles. The molecule has 1 saturated heterocycles. The number of morpholine rings is 1. The number of unbranched alkanes of at least 4 members (excludes halogenated alkanes) is 1. The van der Waals surface area contributed by atoms with Gasteiger partial charge in [0.1, 0.15) is 0 Å². The van der Waals surface area contributed by atoms with Crippen LogP contribution >= 0.6 is 11.6 Å². The molecule has 0 N–H and O–H groups in total. The summed E-state index contributed by atoms with van der Waals surface area (Å²) >= 11 is 5.96. The smallest absolute Gasteiger partial charge is 0.0634 e. The standard InChI is InChI=1S/C15H22ClNO/c16-12-15-13-18-11-10-17(15)9-5-4-8-14-6-2-1-3-7-14/h1-3,6-7,15H,4-5,8-13H2. The summed E-state index contributed by atoms with van der Waals surface area (Å²) in [5.74, 6) is 0.679. The first-order chi connectivity index (χ1) is 8.90. The number of nitrogens with zero attached hydrogens (tertiary/aromatic N) is 1. The van der Waals surface area contributed by atoms with E-state index >= 15 is 0 Å². The number of alkyl halides is 1. The van der Waals surface area contributed by atoms with E-state index in [2.05, 4.69) is 35.2 Å². The fourth-order valence-corrected chi connectivity index (χ4v) is 2.70. The zero-order valence-electron chi connectivity index (χ0n) is 10.9. The second kappa shape index (κ2) is 7.78. The molecule has 0 bridgehead atoms. The minimum atomic E-state index is 0.414. The number of hydrogen-bond acceptors (Lipinski definition) is 2. The van der Waals surface area contributed by atoms with Gasteiger partial charge in [-0.1, -0.05) is 30.3 Å². The molecular formula is C15H22ClNO. The van der Waals surface area contributed by atoms with Crippen molar-refractivity contribution in [3.8, 4) is 0 Å².